The molecule has 2 rings (SSSR count). The number of ether oxygens (including phenoxy) is 1. The molecule has 0 aromatic carbocycles. The van der Waals surface area contributed by atoms with Crippen LogP contribution in [0.15, 0.2) is 0 Å². The maximum Gasteiger partial charge on any atom is 0.274 e. The van der Waals surface area contributed by atoms with Crippen LogP contribution in [-0.2, 0) is 14.9 Å². The topological polar surface area (TPSA) is 81.4 Å². The summed E-state index contributed by atoms with van der Waals surface area (Å²) in [5.74, 6) is 1.59. The second-order valence-electron chi connectivity index (χ2n) is 3.42. The van der Waals surface area contributed by atoms with Crippen molar-refractivity contribution >= 4 is 10.2 Å². The summed E-state index contributed by atoms with van der Waals surface area (Å²) in [6.07, 6.45) is 0. The summed E-state index contributed by atoms with van der Waals surface area (Å²) in [5.41, 5.74) is 0. The van der Waals surface area contributed by atoms with Crippen molar-refractivity contribution in [2.75, 3.05) is 19.8 Å². The molecular formula is C6H12N2O3S. The summed E-state index contributed by atoms with van der Waals surface area (Å²) in [4.78, 5) is 0. The Morgan fingerprint density at radius 2 is 2.00 bits per heavy atom. The summed E-state index contributed by atoms with van der Waals surface area (Å²) in [6, 6.07) is 0. The molecular weight excluding hydrogens is 180 g/mol. The first-order chi connectivity index (χ1) is 5.58. The van der Waals surface area contributed by atoms with Crippen LogP contribution in [0.5, 0.6) is 0 Å². The van der Waals surface area contributed by atoms with Crippen molar-refractivity contribution in [3.8, 4) is 0 Å². The van der Waals surface area contributed by atoms with Crippen molar-refractivity contribution in [3.63, 3.8) is 0 Å². The molecule has 5 nitrogen and oxygen atoms in total. The molecule has 1 aliphatic carbocycles. The van der Waals surface area contributed by atoms with Crippen LogP contribution in [0.1, 0.15) is 0 Å². The van der Waals surface area contributed by atoms with Gasteiger partial charge in [-0.25, -0.2) is 9.86 Å². The fourth-order valence-electron chi connectivity index (χ4n) is 1.87. The molecule has 12 heavy (non-hydrogen) atoms. The molecule has 2 aliphatic rings. The average Bonchev–Trinajstić information content (AvgIpc) is 2.41. The van der Waals surface area contributed by atoms with Crippen molar-refractivity contribution in [1.82, 2.24) is 4.72 Å². The van der Waals surface area contributed by atoms with Crippen LogP contribution in [-0.4, -0.2) is 28.2 Å². The van der Waals surface area contributed by atoms with Gasteiger partial charge in [0, 0.05) is 6.54 Å². The predicted octanol–water partition coefficient (Wildman–Crippen LogP) is -1.33. The second kappa shape index (κ2) is 2.66. The van der Waals surface area contributed by atoms with Gasteiger partial charge in [0.15, 0.2) is 0 Å². The third kappa shape index (κ3) is 1.61. The highest BCUT2D eigenvalue weighted by Crippen LogP contribution is 2.50. The lowest BCUT2D eigenvalue weighted by Gasteiger charge is -2.03. The zero-order valence-electron chi connectivity index (χ0n) is 6.56. The van der Waals surface area contributed by atoms with Gasteiger partial charge in [-0.2, -0.15) is 8.42 Å². The predicted molar refractivity (Wildman–Crippen MR) is 42.4 cm³/mol. The number of hydrogen-bond donors (Lipinski definition) is 2. The quantitative estimate of drug-likeness (QED) is 0.581. The summed E-state index contributed by atoms with van der Waals surface area (Å²) in [6.45, 7) is 2.03. The lowest BCUT2D eigenvalue weighted by molar-refractivity contribution is 0.151. The van der Waals surface area contributed by atoms with Gasteiger partial charge >= 0.3 is 0 Å². The maximum absolute atomic E-state index is 10.5. The van der Waals surface area contributed by atoms with E-state index in [1.807, 2.05) is 0 Å². The first kappa shape index (κ1) is 8.43. The molecule has 1 heterocycles. The van der Waals surface area contributed by atoms with Gasteiger partial charge < -0.3 is 4.74 Å². The molecule has 3 N–H and O–H groups in total. The van der Waals surface area contributed by atoms with Crippen LogP contribution in [0, 0.1) is 17.8 Å². The van der Waals surface area contributed by atoms with Crippen molar-refractivity contribution in [2.24, 2.45) is 22.9 Å². The summed E-state index contributed by atoms with van der Waals surface area (Å²) >= 11 is 0. The normalized spacial score (nSPS) is 39.6. The first-order valence-electron chi connectivity index (χ1n) is 3.93. The maximum atomic E-state index is 10.5. The van der Waals surface area contributed by atoms with Crippen LogP contribution in [0.25, 0.3) is 0 Å². The van der Waals surface area contributed by atoms with E-state index in [0.717, 1.165) is 13.2 Å². The molecule has 0 bridgehead atoms. The smallest absolute Gasteiger partial charge is 0.274 e. The van der Waals surface area contributed by atoms with Crippen LogP contribution < -0.4 is 9.86 Å². The van der Waals surface area contributed by atoms with Gasteiger partial charge in [-0.15, -0.1) is 0 Å². The highest BCUT2D eigenvalue weighted by atomic mass is 32.2. The van der Waals surface area contributed by atoms with Gasteiger partial charge in [0.2, 0.25) is 0 Å². The largest absolute Gasteiger partial charge is 0.381 e. The minimum absolute atomic E-state index is 0.456. The lowest BCUT2D eigenvalue weighted by atomic mass is 10.3. The van der Waals surface area contributed by atoms with Crippen LogP contribution >= 0.6 is 0 Å². The highest BCUT2D eigenvalue weighted by molar-refractivity contribution is 7.87. The van der Waals surface area contributed by atoms with E-state index in [-0.39, 0.29) is 0 Å². The minimum atomic E-state index is -3.50. The Morgan fingerprint density at radius 3 is 2.50 bits per heavy atom. The van der Waals surface area contributed by atoms with E-state index in [1.165, 1.54) is 0 Å². The SMILES string of the molecule is NS(=O)(=O)NCC1C2COCC12. The zero-order chi connectivity index (χ0) is 8.77. The Kier molecular flexibility index (Phi) is 1.87. The van der Waals surface area contributed by atoms with E-state index < -0.39 is 10.2 Å². The summed E-state index contributed by atoms with van der Waals surface area (Å²) < 4.78 is 28.5. The van der Waals surface area contributed by atoms with Crippen molar-refractivity contribution in [1.29, 1.82) is 0 Å². The molecule has 0 aromatic rings. The van der Waals surface area contributed by atoms with Crippen molar-refractivity contribution in [2.45, 2.75) is 0 Å². The molecule has 1 saturated carbocycles. The van der Waals surface area contributed by atoms with Crippen molar-refractivity contribution in [3.05, 3.63) is 0 Å². The van der Waals surface area contributed by atoms with Gasteiger partial charge in [-0.3, -0.25) is 0 Å². The highest BCUT2D eigenvalue weighted by Gasteiger charge is 2.53. The van der Waals surface area contributed by atoms with E-state index in [0.29, 0.717) is 24.3 Å². The molecule has 6 heteroatoms. The van der Waals surface area contributed by atoms with Gasteiger partial charge in [0.25, 0.3) is 10.2 Å². The Morgan fingerprint density at radius 1 is 1.42 bits per heavy atom. The zero-order valence-corrected chi connectivity index (χ0v) is 7.38. The average molecular weight is 192 g/mol. The van der Waals surface area contributed by atoms with Gasteiger partial charge in [-0.1, -0.05) is 0 Å². The number of fused-ring (bicyclic) bond motifs is 1. The summed E-state index contributed by atoms with van der Waals surface area (Å²) in [5, 5.41) is 4.79. The second-order valence-corrected chi connectivity index (χ2v) is 4.80. The van der Waals surface area contributed by atoms with Crippen LogP contribution in [0.3, 0.4) is 0 Å². The van der Waals surface area contributed by atoms with Crippen molar-refractivity contribution < 1.29 is 13.2 Å². The van der Waals surface area contributed by atoms with Crippen LogP contribution in [0.4, 0.5) is 0 Å². The molecule has 1 saturated heterocycles. The molecule has 0 aromatic heterocycles. The molecule has 0 amide bonds. The Hall–Kier alpha value is -0.170. The Labute approximate surface area is 71.5 Å². The molecule has 70 valence electrons. The third-order valence-electron chi connectivity index (χ3n) is 2.65. The Balaban J connectivity index is 1.77. The van der Waals surface area contributed by atoms with E-state index in [9.17, 15) is 8.42 Å². The lowest BCUT2D eigenvalue weighted by Crippen LogP contribution is -2.33. The fraction of sp³-hybridized carbons (Fsp3) is 1.00. The van der Waals surface area contributed by atoms with E-state index >= 15 is 0 Å². The van der Waals surface area contributed by atoms with E-state index in [4.69, 9.17) is 9.88 Å². The molecule has 0 radical (unpaired) electrons. The molecule has 0 spiro atoms. The number of rotatable bonds is 3. The number of nitrogens with two attached hydrogens (primary N) is 1. The third-order valence-corrected chi connectivity index (χ3v) is 3.22. The molecule has 1 aliphatic heterocycles. The monoisotopic (exact) mass is 192 g/mol. The standard InChI is InChI=1S/C6H12N2O3S/c7-12(9,10)8-1-4-5-2-11-3-6(4)5/h4-6,8H,1-3H2,(H2,7,9,10). The number of hydrogen-bond acceptors (Lipinski definition) is 3. The van der Waals surface area contributed by atoms with Gasteiger partial charge in [-0.05, 0) is 17.8 Å². The van der Waals surface area contributed by atoms with Gasteiger partial charge in [0.1, 0.15) is 0 Å². The Bertz CT molecular complexity index is 267. The first-order valence-corrected chi connectivity index (χ1v) is 5.48. The molecule has 2 unspecified atom stereocenters. The molecule has 2 atom stereocenters. The summed E-state index contributed by atoms with van der Waals surface area (Å²) in [7, 11) is -3.50. The van der Waals surface area contributed by atoms with Crippen LogP contribution in [0.2, 0.25) is 0 Å². The van der Waals surface area contributed by atoms with E-state index in [1.54, 1.807) is 0 Å². The molecule has 2 fully saturated rings. The van der Waals surface area contributed by atoms with E-state index in [2.05, 4.69) is 4.72 Å². The fourth-order valence-corrected chi connectivity index (χ4v) is 2.30. The number of nitrogens with one attached hydrogen (secondary N) is 1. The minimum Gasteiger partial charge on any atom is -0.381 e. The van der Waals surface area contributed by atoms with Gasteiger partial charge in [0.05, 0.1) is 13.2 Å².